The largest absolute Gasteiger partial charge is 0.496 e. The number of halogens is 1. The van der Waals surface area contributed by atoms with Crippen molar-refractivity contribution in [3.05, 3.63) is 28.8 Å². The van der Waals surface area contributed by atoms with Crippen molar-refractivity contribution >= 4 is 11.6 Å². The molecule has 0 bridgehead atoms. The summed E-state index contributed by atoms with van der Waals surface area (Å²) in [6, 6.07) is 5.83. The van der Waals surface area contributed by atoms with E-state index in [2.05, 4.69) is 10.2 Å². The summed E-state index contributed by atoms with van der Waals surface area (Å²) in [5, 5.41) is 4.15. The van der Waals surface area contributed by atoms with Gasteiger partial charge in [0.25, 0.3) is 0 Å². The van der Waals surface area contributed by atoms with Crippen LogP contribution >= 0.6 is 11.6 Å². The Morgan fingerprint density at radius 3 is 2.83 bits per heavy atom. The van der Waals surface area contributed by atoms with E-state index in [1.54, 1.807) is 7.11 Å². The fraction of sp³-hybridized carbons (Fsp3) is 0.571. The quantitative estimate of drug-likeness (QED) is 0.886. The van der Waals surface area contributed by atoms with Gasteiger partial charge in [0, 0.05) is 31.2 Å². The lowest BCUT2D eigenvalue weighted by molar-refractivity contribution is 0.238. The Morgan fingerprint density at radius 1 is 1.33 bits per heavy atom. The number of methoxy groups -OCH3 is 1. The zero-order chi connectivity index (χ0) is 12.8. The van der Waals surface area contributed by atoms with Crippen molar-refractivity contribution in [1.82, 2.24) is 10.2 Å². The van der Waals surface area contributed by atoms with Crippen LogP contribution in [0, 0.1) is 0 Å². The molecule has 1 heterocycles. The second kappa shape index (κ2) is 6.98. The molecule has 3 nitrogen and oxygen atoms in total. The van der Waals surface area contributed by atoms with Gasteiger partial charge in [-0.25, -0.2) is 0 Å². The van der Waals surface area contributed by atoms with E-state index in [4.69, 9.17) is 16.3 Å². The lowest BCUT2D eigenvalue weighted by atomic mass is 10.1. The molecule has 100 valence electrons. The van der Waals surface area contributed by atoms with Gasteiger partial charge in [-0.15, -0.1) is 0 Å². The van der Waals surface area contributed by atoms with Crippen molar-refractivity contribution < 1.29 is 4.74 Å². The predicted octanol–water partition coefficient (Wildman–Crippen LogP) is 2.19. The molecular formula is C14H21ClN2O. The molecule has 1 aromatic rings. The maximum atomic E-state index is 6.03. The first kappa shape index (κ1) is 13.7. The summed E-state index contributed by atoms with van der Waals surface area (Å²) >= 11 is 6.03. The summed E-state index contributed by atoms with van der Waals surface area (Å²) in [7, 11) is 1.71. The highest BCUT2D eigenvalue weighted by atomic mass is 35.5. The Labute approximate surface area is 114 Å². The number of aryl methyl sites for hydroxylation is 1. The van der Waals surface area contributed by atoms with Gasteiger partial charge in [-0.05, 0) is 43.1 Å². The highest BCUT2D eigenvalue weighted by Gasteiger charge is 2.09. The Balaban J connectivity index is 1.83. The number of piperazine rings is 1. The third-order valence-electron chi connectivity index (χ3n) is 3.37. The summed E-state index contributed by atoms with van der Waals surface area (Å²) < 4.78 is 5.36. The molecule has 1 aromatic carbocycles. The summed E-state index contributed by atoms with van der Waals surface area (Å²) in [4.78, 5) is 2.51. The maximum Gasteiger partial charge on any atom is 0.122 e. The number of hydrogen-bond acceptors (Lipinski definition) is 3. The van der Waals surface area contributed by atoms with Crippen LogP contribution in [0.3, 0.4) is 0 Å². The second-order valence-corrected chi connectivity index (χ2v) is 5.09. The summed E-state index contributed by atoms with van der Waals surface area (Å²) in [5.74, 6) is 0.944. The average Bonchev–Trinajstić information content (AvgIpc) is 2.40. The number of hydrogen-bond donors (Lipinski definition) is 1. The van der Waals surface area contributed by atoms with Crippen molar-refractivity contribution in [3.8, 4) is 5.75 Å². The molecule has 1 fully saturated rings. The summed E-state index contributed by atoms with van der Waals surface area (Å²) in [5.41, 5.74) is 1.21. The Morgan fingerprint density at radius 2 is 2.11 bits per heavy atom. The van der Waals surface area contributed by atoms with Crippen molar-refractivity contribution in [2.24, 2.45) is 0 Å². The van der Waals surface area contributed by atoms with Crippen molar-refractivity contribution in [2.75, 3.05) is 39.8 Å². The number of nitrogens with zero attached hydrogens (tertiary/aromatic N) is 1. The molecule has 0 atom stereocenters. The van der Waals surface area contributed by atoms with Crippen LogP contribution in [-0.4, -0.2) is 44.7 Å². The zero-order valence-corrected chi connectivity index (χ0v) is 11.7. The third kappa shape index (κ3) is 3.87. The first-order chi connectivity index (χ1) is 8.79. The van der Waals surface area contributed by atoms with Crippen molar-refractivity contribution in [2.45, 2.75) is 12.8 Å². The van der Waals surface area contributed by atoms with E-state index >= 15 is 0 Å². The molecule has 18 heavy (non-hydrogen) atoms. The Kier molecular flexibility index (Phi) is 5.29. The molecule has 0 aliphatic carbocycles. The molecule has 0 radical (unpaired) electrons. The third-order valence-corrected chi connectivity index (χ3v) is 3.61. The molecule has 4 heteroatoms. The predicted molar refractivity (Wildman–Crippen MR) is 75.6 cm³/mol. The molecule has 0 spiro atoms. The minimum atomic E-state index is 0.785. The zero-order valence-electron chi connectivity index (χ0n) is 10.9. The standard InChI is InChI=1S/C14H21ClN2O/c1-18-14-5-4-13(15)11-12(14)3-2-8-17-9-6-16-7-10-17/h4-5,11,16H,2-3,6-10H2,1H3. The second-order valence-electron chi connectivity index (χ2n) is 4.65. The lowest BCUT2D eigenvalue weighted by Gasteiger charge is -2.27. The van der Waals surface area contributed by atoms with Gasteiger partial charge in [0.2, 0.25) is 0 Å². The van der Waals surface area contributed by atoms with Crippen LogP contribution in [0.5, 0.6) is 5.75 Å². The number of benzene rings is 1. The van der Waals surface area contributed by atoms with Gasteiger partial charge < -0.3 is 15.0 Å². The first-order valence-electron chi connectivity index (χ1n) is 6.55. The van der Waals surface area contributed by atoms with Gasteiger partial charge >= 0.3 is 0 Å². The Bertz CT molecular complexity index is 378. The number of nitrogens with one attached hydrogen (secondary N) is 1. The van der Waals surface area contributed by atoms with Gasteiger partial charge in [-0.2, -0.15) is 0 Å². The van der Waals surface area contributed by atoms with Crippen LogP contribution in [0.25, 0.3) is 0 Å². The molecule has 1 N–H and O–H groups in total. The molecule has 0 aromatic heterocycles. The monoisotopic (exact) mass is 268 g/mol. The topological polar surface area (TPSA) is 24.5 Å². The molecule has 0 saturated carbocycles. The van der Waals surface area contributed by atoms with E-state index in [-0.39, 0.29) is 0 Å². The highest BCUT2D eigenvalue weighted by Crippen LogP contribution is 2.23. The fourth-order valence-electron chi connectivity index (χ4n) is 2.37. The van der Waals surface area contributed by atoms with Gasteiger partial charge in [0.1, 0.15) is 5.75 Å². The van der Waals surface area contributed by atoms with Crippen LogP contribution < -0.4 is 10.1 Å². The van der Waals surface area contributed by atoms with Gasteiger partial charge in [-0.1, -0.05) is 11.6 Å². The average molecular weight is 269 g/mol. The summed E-state index contributed by atoms with van der Waals surface area (Å²) in [6.45, 7) is 5.69. The van der Waals surface area contributed by atoms with Crippen LogP contribution in [-0.2, 0) is 6.42 Å². The van der Waals surface area contributed by atoms with Crippen molar-refractivity contribution in [1.29, 1.82) is 0 Å². The van der Waals surface area contributed by atoms with Gasteiger partial charge in [-0.3, -0.25) is 0 Å². The summed E-state index contributed by atoms with van der Waals surface area (Å²) in [6.07, 6.45) is 2.17. The first-order valence-corrected chi connectivity index (χ1v) is 6.93. The molecular weight excluding hydrogens is 248 g/mol. The lowest BCUT2D eigenvalue weighted by Crippen LogP contribution is -2.43. The smallest absolute Gasteiger partial charge is 0.122 e. The minimum absolute atomic E-state index is 0.785. The number of ether oxygens (including phenoxy) is 1. The van der Waals surface area contributed by atoms with E-state index in [0.29, 0.717) is 0 Å². The van der Waals surface area contributed by atoms with Gasteiger partial charge in [0.05, 0.1) is 7.11 Å². The van der Waals surface area contributed by atoms with E-state index in [1.807, 2.05) is 18.2 Å². The fourth-order valence-corrected chi connectivity index (χ4v) is 2.57. The van der Waals surface area contributed by atoms with Gasteiger partial charge in [0.15, 0.2) is 0 Å². The normalized spacial score (nSPS) is 16.8. The SMILES string of the molecule is COc1ccc(Cl)cc1CCCN1CCNCC1. The van der Waals surface area contributed by atoms with Crippen LogP contribution in [0.1, 0.15) is 12.0 Å². The minimum Gasteiger partial charge on any atom is -0.496 e. The Hall–Kier alpha value is -0.770. The molecule has 0 unspecified atom stereocenters. The van der Waals surface area contributed by atoms with E-state index in [0.717, 1.165) is 56.3 Å². The van der Waals surface area contributed by atoms with Crippen LogP contribution in [0.4, 0.5) is 0 Å². The molecule has 1 saturated heterocycles. The molecule has 2 rings (SSSR count). The molecule has 1 aliphatic rings. The van der Waals surface area contributed by atoms with Crippen LogP contribution in [0.15, 0.2) is 18.2 Å². The van der Waals surface area contributed by atoms with E-state index in [1.165, 1.54) is 5.56 Å². The molecule has 1 aliphatic heterocycles. The maximum absolute atomic E-state index is 6.03. The number of rotatable bonds is 5. The van der Waals surface area contributed by atoms with E-state index < -0.39 is 0 Å². The van der Waals surface area contributed by atoms with E-state index in [9.17, 15) is 0 Å². The van der Waals surface area contributed by atoms with Crippen LogP contribution in [0.2, 0.25) is 5.02 Å². The highest BCUT2D eigenvalue weighted by molar-refractivity contribution is 6.30. The van der Waals surface area contributed by atoms with Crippen molar-refractivity contribution in [3.63, 3.8) is 0 Å². The molecule has 0 amide bonds.